The number of sulfonamides is 1. The molecular formula is C27H29FN4O7S. The minimum atomic E-state index is -4.12. The summed E-state index contributed by atoms with van der Waals surface area (Å²) in [4.78, 5) is 43.9. The Morgan fingerprint density at radius 1 is 1.10 bits per heavy atom. The van der Waals surface area contributed by atoms with Crippen LogP contribution in [-0.4, -0.2) is 54.7 Å². The van der Waals surface area contributed by atoms with Crippen molar-refractivity contribution in [3.63, 3.8) is 0 Å². The number of H-pyrrole nitrogens is 2. The summed E-state index contributed by atoms with van der Waals surface area (Å²) in [5.74, 6) is -1.55. The fraction of sp³-hybridized carbons (Fsp3) is 0.296. The van der Waals surface area contributed by atoms with Gasteiger partial charge in [-0.15, -0.1) is 0 Å². The number of halogens is 1. The van der Waals surface area contributed by atoms with Crippen LogP contribution in [0.3, 0.4) is 0 Å². The van der Waals surface area contributed by atoms with Gasteiger partial charge < -0.3 is 19.8 Å². The molecule has 3 N–H and O–H groups in total. The Bertz CT molecular complexity index is 1760. The molecule has 1 amide bonds. The predicted molar refractivity (Wildman–Crippen MR) is 149 cm³/mol. The molecule has 11 nitrogen and oxygen atoms in total. The molecule has 4 aromatic rings. The van der Waals surface area contributed by atoms with Crippen molar-refractivity contribution in [3.05, 3.63) is 64.8 Å². The molecule has 13 heteroatoms. The van der Waals surface area contributed by atoms with Crippen molar-refractivity contribution in [1.29, 1.82) is 0 Å². The number of rotatable bonds is 8. The molecule has 0 spiro atoms. The van der Waals surface area contributed by atoms with E-state index in [9.17, 15) is 27.2 Å². The number of aromatic nitrogens is 2. The fourth-order valence-corrected chi connectivity index (χ4v) is 5.45. The number of benzene rings is 2. The first-order valence-corrected chi connectivity index (χ1v) is 13.8. The van der Waals surface area contributed by atoms with Crippen LogP contribution in [0.25, 0.3) is 21.8 Å². The Labute approximate surface area is 229 Å². The van der Waals surface area contributed by atoms with E-state index >= 15 is 0 Å². The summed E-state index contributed by atoms with van der Waals surface area (Å²) < 4.78 is 47.0. The first kappa shape index (κ1) is 28.6. The number of fused-ring (bicyclic) bond motifs is 3. The van der Waals surface area contributed by atoms with Gasteiger partial charge in [0.1, 0.15) is 16.9 Å². The van der Waals surface area contributed by atoms with Crippen molar-refractivity contribution in [2.45, 2.75) is 44.1 Å². The third kappa shape index (κ3) is 5.78. The Kier molecular flexibility index (Phi) is 7.61. The van der Waals surface area contributed by atoms with E-state index in [-0.39, 0.29) is 46.6 Å². The van der Waals surface area contributed by atoms with E-state index in [0.717, 1.165) is 16.4 Å². The van der Waals surface area contributed by atoms with Crippen molar-refractivity contribution in [1.82, 2.24) is 9.97 Å². The molecule has 0 radical (unpaired) electrons. The Morgan fingerprint density at radius 3 is 2.40 bits per heavy atom. The Hall–Kier alpha value is -4.39. The number of aromatic amines is 2. The van der Waals surface area contributed by atoms with Crippen LogP contribution in [0.5, 0.6) is 0 Å². The van der Waals surface area contributed by atoms with Crippen molar-refractivity contribution in [2.24, 2.45) is 0 Å². The van der Waals surface area contributed by atoms with E-state index in [0.29, 0.717) is 10.9 Å². The second-order valence-electron chi connectivity index (χ2n) is 10.2. The quantitative estimate of drug-likeness (QED) is 0.279. The molecule has 0 fully saturated rings. The molecule has 212 valence electrons. The van der Waals surface area contributed by atoms with Gasteiger partial charge in [-0.3, -0.25) is 18.8 Å². The number of aliphatic carboxylic acids is 1. The molecule has 0 atom stereocenters. The van der Waals surface area contributed by atoms with Crippen LogP contribution in [0.2, 0.25) is 0 Å². The van der Waals surface area contributed by atoms with Crippen molar-refractivity contribution in [3.8, 4) is 0 Å². The Morgan fingerprint density at radius 2 is 1.77 bits per heavy atom. The van der Waals surface area contributed by atoms with Crippen LogP contribution in [0.4, 0.5) is 20.6 Å². The van der Waals surface area contributed by atoms with E-state index < -0.39 is 39.1 Å². The molecule has 2 aromatic carbocycles. The number of nitrogens with one attached hydrogen (secondary N) is 2. The van der Waals surface area contributed by atoms with Gasteiger partial charge in [0, 0.05) is 42.5 Å². The predicted octanol–water partition coefficient (Wildman–Crippen LogP) is 4.58. The van der Waals surface area contributed by atoms with Crippen molar-refractivity contribution < 1.29 is 32.2 Å². The number of amides is 1. The lowest BCUT2D eigenvalue weighted by atomic mass is 10.1. The van der Waals surface area contributed by atoms with E-state index in [4.69, 9.17) is 9.84 Å². The zero-order valence-electron chi connectivity index (χ0n) is 22.3. The number of carbonyl (C=O) groups is 2. The van der Waals surface area contributed by atoms with Gasteiger partial charge >= 0.3 is 12.1 Å². The Balaban J connectivity index is 1.88. The van der Waals surface area contributed by atoms with Crippen LogP contribution in [-0.2, 0) is 19.6 Å². The maximum atomic E-state index is 13.5. The molecule has 40 heavy (non-hydrogen) atoms. The maximum absolute atomic E-state index is 13.5. The third-order valence-electron chi connectivity index (χ3n) is 6.12. The average Bonchev–Trinajstić information content (AvgIpc) is 3.31. The minimum Gasteiger partial charge on any atom is -0.481 e. The van der Waals surface area contributed by atoms with E-state index in [1.54, 1.807) is 20.8 Å². The van der Waals surface area contributed by atoms with E-state index in [2.05, 4.69) is 9.97 Å². The molecule has 2 aromatic heterocycles. The van der Waals surface area contributed by atoms with Gasteiger partial charge in [-0.05, 0) is 69.7 Å². The highest BCUT2D eigenvalue weighted by atomic mass is 32.2. The van der Waals surface area contributed by atoms with E-state index in [1.807, 2.05) is 0 Å². The summed E-state index contributed by atoms with van der Waals surface area (Å²) >= 11 is 0. The molecule has 0 aliphatic rings. The summed E-state index contributed by atoms with van der Waals surface area (Å²) in [6.45, 7) is 5.02. The smallest absolute Gasteiger partial charge is 0.414 e. The third-order valence-corrected chi connectivity index (χ3v) is 7.90. The number of carboxylic acids is 1. The molecule has 0 aliphatic heterocycles. The maximum Gasteiger partial charge on any atom is 0.414 e. The van der Waals surface area contributed by atoms with Crippen LogP contribution in [0.1, 0.15) is 33.6 Å². The van der Waals surface area contributed by atoms with Crippen LogP contribution >= 0.6 is 0 Å². The second kappa shape index (κ2) is 10.6. The lowest BCUT2D eigenvalue weighted by Crippen LogP contribution is -2.37. The number of carboxylic acid groups (broad SMARTS) is 1. The van der Waals surface area contributed by atoms with Gasteiger partial charge in [-0.2, -0.15) is 0 Å². The minimum absolute atomic E-state index is 0.0340. The van der Waals surface area contributed by atoms with Crippen LogP contribution in [0.15, 0.2) is 58.4 Å². The number of hydrogen-bond donors (Lipinski definition) is 3. The van der Waals surface area contributed by atoms with Crippen molar-refractivity contribution in [2.75, 3.05) is 22.8 Å². The van der Waals surface area contributed by atoms with Gasteiger partial charge in [-0.1, -0.05) is 0 Å². The number of pyridine rings is 1. The first-order valence-electron chi connectivity index (χ1n) is 12.3. The monoisotopic (exact) mass is 572 g/mol. The molecule has 0 aliphatic carbocycles. The fourth-order valence-electron chi connectivity index (χ4n) is 4.23. The molecule has 2 heterocycles. The van der Waals surface area contributed by atoms with Crippen molar-refractivity contribution >= 4 is 55.3 Å². The average molecular weight is 573 g/mol. The molecular weight excluding hydrogens is 543 g/mol. The normalized spacial score (nSPS) is 12.0. The lowest BCUT2D eigenvalue weighted by Gasteiger charge is -2.27. The largest absolute Gasteiger partial charge is 0.481 e. The number of carbonyl (C=O) groups excluding carboxylic acids is 1. The zero-order valence-corrected chi connectivity index (χ0v) is 23.1. The summed E-state index contributed by atoms with van der Waals surface area (Å²) in [5, 5.41) is 9.70. The standard InChI is InChI=1S/C27H29FN4O7S/c1-27(2,3)39-26(36)32(13-5-6-22(33)34)21-15-29-24-23(21)19-14-18(11-12-20(19)30-25(24)35)40(37,38)31(4)17-9-7-16(28)8-10-17/h7-12,14-15,29H,5-6,13H2,1-4H3,(H,30,35)(H,33,34). The summed E-state index contributed by atoms with van der Waals surface area (Å²) in [7, 11) is -2.78. The van der Waals surface area contributed by atoms with Gasteiger partial charge in [0.2, 0.25) is 0 Å². The molecule has 0 bridgehead atoms. The SMILES string of the molecule is CN(c1ccc(F)cc1)S(=O)(=O)c1ccc2[nH]c(=O)c3[nH]cc(N(CCCC(=O)O)C(=O)OC(C)(C)C)c3c2c1. The van der Waals surface area contributed by atoms with Gasteiger partial charge in [0.25, 0.3) is 15.6 Å². The molecule has 0 saturated carbocycles. The topological polar surface area (TPSA) is 153 Å². The first-order chi connectivity index (χ1) is 18.7. The highest BCUT2D eigenvalue weighted by Gasteiger charge is 2.28. The molecule has 0 unspecified atom stereocenters. The van der Waals surface area contributed by atoms with Crippen LogP contribution in [0, 0.1) is 5.82 Å². The molecule has 4 rings (SSSR count). The number of nitrogens with zero attached hydrogens (tertiary/aromatic N) is 2. The van der Waals surface area contributed by atoms with Crippen LogP contribution < -0.4 is 14.8 Å². The van der Waals surface area contributed by atoms with Gasteiger partial charge in [-0.25, -0.2) is 17.6 Å². The molecule has 0 saturated heterocycles. The van der Waals surface area contributed by atoms with Gasteiger partial charge in [0.15, 0.2) is 0 Å². The summed E-state index contributed by atoms with van der Waals surface area (Å²) in [6, 6.07) is 9.14. The number of hydrogen-bond acceptors (Lipinski definition) is 6. The van der Waals surface area contributed by atoms with Gasteiger partial charge in [0.05, 0.1) is 16.3 Å². The number of anilines is 2. The summed E-state index contributed by atoms with van der Waals surface area (Å²) in [6.07, 6.45) is 0.563. The zero-order chi connectivity index (χ0) is 29.4. The second-order valence-corrected chi connectivity index (χ2v) is 12.1. The highest BCUT2D eigenvalue weighted by molar-refractivity contribution is 7.92. The lowest BCUT2D eigenvalue weighted by molar-refractivity contribution is -0.137. The summed E-state index contributed by atoms with van der Waals surface area (Å²) in [5.41, 5.74) is -0.480. The number of ether oxygens (including phenoxy) is 1. The van der Waals surface area contributed by atoms with E-state index in [1.165, 1.54) is 48.5 Å². The highest BCUT2D eigenvalue weighted by Crippen LogP contribution is 2.34.